The van der Waals surface area contributed by atoms with Crippen molar-refractivity contribution in [1.82, 2.24) is 10.2 Å². The fourth-order valence-corrected chi connectivity index (χ4v) is 2.77. The predicted octanol–water partition coefficient (Wildman–Crippen LogP) is 0.879. The predicted molar refractivity (Wildman–Crippen MR) is 77.9 cm³/mol. The minimum Gasteiger partial charge on any atom is -0.353 e. The molecule has 0 aromatic rings. The van der Waals surface area contributed by atoms with Gasteiger partial charge < -0.3 is 16.0 Å². The number of nitrogens with two attached hydrogens (primary N) is 1. The maximum atomic E-state index is 12.2. The Morgan fingerprint density at radius 3 is 2.45 bits per heavy atom. The molecule has 2 aliphatic rings. The molecule has 114 valence electrons. The SMILES string of the molecule is CC(CCCN)C(=O)N1CCC(NC(=O)C2CC2)CC1. The fraction of sp³-hybridized carbons (Fsp3) is 0.867. The maximum absolute atomic E-state index is 12.2. The van der Waals surface area contributed by atoms with E-state index in [1.165, 1.54) is 0 Å². The molecule has 1 atom stereocenters. The molecule has 0 bridgehead atoms. The summed E-state index contributed by atoms with van der Waals surface area (Å²) in [5, 5.41) is 3.11. The summed E-state index contributed by atoms with van der Waals surface area (Å²) in [7, 11) is 0. The van der Waals surface area contributed by atoms with Crippen LogP contribution >= 0.6 is 0 Å². The average molecular weight is 281 g/mol. The minimum atomic E-state index is 0.0659. The summed E-state index contributed by atoms with van der Waals surface area (Å²) >= 11 is 0. The number of nitrogens with one attached hydrogen (secondary N) is 1. The van der Waals surface area contributed by atoms with E-state index in [-0.39, 0.29) is 29.7 Å². The summed E-state index contributed by atoms with van der Waals surface area (Å²) in [6.45, 7) is 4.16. The van der Waals surface area contributed by atoms with Gasteiger partial charge >= 0.3 is 0 Å². The summed E-state index contributed by atoms with van der Waals surface area (Å²) in [5.41, 5.74) is 5.48. The molecule has 0 aromatic carbocycles. The third kappa shape index (κ3) is 4.20. The van der Waals surface area contributed by atoms with E-state index in [9.17, 15) is 9.59 Å². The van der Waals surface area contributed by atoms with Crippen LogP contribution in [0.3, 0.4) is 0 Å². The summed E-state index contributed by atoms with van der Waals surface area (Å²) in [5.74, 6) is 0.790. The van der Waals surface area contributed by atoms with E-state index >= 15 is 0 Å². The molecule has 5 nitrogen and oxygen atoms in total. The van der Waals surface area contributed by atoms with Gasteiger partial charge in [0.2, 0.25) is 11.8 Å². The van der Waals surface area contributed by atoms with Gasteiger partial charge in [0.1, 0.15) is 0 Å². The lowest BCUT2D eigenvalue weighted by molar-refractivity contribution is -0.136. The van der Waals surface area contributed by atoms with Crippen molar-refractivity contribution in [3.8, 4) is 0 Å². The highest BCUT2D eigenvalue weighted by Gasteiger charge is 2.32. The first-order chi connectivity index (χ1) is 9.61. The molecule has 1 aliphatic carbocycles. The van der Waals surface area contributed by atoms with Gasteiger partial charge in [-0.25, -0.2) is 0 Å². The second-order valence-electron chi connectivity index (χ2n) is 6.21. The Hall–Kier alpha value is -1.10. The van der Waals surface area contributed by atoms with Crippen molar-refractivity contribution in [2.24, 2.45) is 17.6 Å². The van der Waals surface area contributed by atoms with Crippen molar-refractivity contribution < 1.29 is 9.59 Å². The summed E-state index contributed by atoms with van der Waals surface area (Å²) in [6.07, 6.45) is 5.62. The van der Waals surface area contributed by atoms with Crippen LogP contribution in [-0.2, 0) is 9.59 Å². The van der Waals surface area contributed by atoms with Crippen LogP contribution in [0.2, 0.25) is 0 Å². The van der Waals surface area contributed by atoms with Crippen molar-refractivity contribution in [3.05, 3.63) is 0 Å². The lowest BCUT2D eigenvalue weighted by Gasteiger charge is -2.34. The van der Waals surface area contributed by atoms with Crippen LogP contribution in [0.15, 0.2) is 0 Å². The van der Waals surface area contributed by atoms with Crippen LogP contribution in [0.1, 0.15) is 45.4 Å². The Balaban J connectivity index is 1.70. The molecular weight excluding hydrogens is 254 g/mol. The van der Waals surface area contributed by atoms with Crippen molar-refractivity contribution in [1.29, 1.82) is 0 Å². The van der Waals surface area contributed by atoms with Gasteiger partial charge in [0.05, 0.1) is 0 Å². The van der Waals surface area contributed by atoms with E-state index in [2.05, 4.69) is 5.32 Å². The van der Waals surface area contributed by atoms with Crippen molar-refractivity contribution in [3.63, 3.8) is 0 Å². The molecule has 5 heteroatoms. The number of rotatable bonds is 6. The molecule has 0 radical (unpaired) electrons. The van der Waals surface area contributed by atoms with Gasteiger partial charge in [0.25, 0.3) is 0 Å². The Morgan fingerprint density at radius 1 is 1.25 bits per heavy atom. The molecule has 1 aliphatic heterocycles. The molecule has 2 amide bonds. The Bertz CT molecular complexity index is 347. The number of likely N-dealkylation sites (tertiary alicyclic amines) is 1. The fourth-order valence-electron chi connectivity index (χ4n) is 2.77. The minimum absolute atomic E-state index is 0.0659. The van der Waals surface area contributed by atoms with Gasteiger partial charge in [-0.2, -0.15) is 0 Å². The molecule has 3 N–H and O–H groups in total. The zero-order valence-electron chi connectivity index (χ0n) is 12.4. The van der Waals surface area contributed by atoms with Crippen LogP contribution in [0.4, 0.5) is 0 Å². The second-order valence-corrected chi connectivity index (χ2v) is 6.21. The highest BCUT2D eigenvalue weighted by molar-refractivity contribution is 5.81. The molecule has 1 heterocycles. The lowest BCUT2D eigenvalue weighted by atomic mass is 10.00. The maximum Gasteiger partial charge on any atom is 0.225 e. The highest BCUT2D eigenvalue weighted by Crippen LogP contribution is 2.29. The Kier molecular flexibility index (Phi) is 5.40. The standard InChI is InChI=1S/C15H27N3O2/c1-11(3-2-8-16)15(20)18-9-6-13(7-10-18)17-14(19)12-4-5-12/h11-13H,2-10,16H2,1H3,(H,17,19). The van der Waals surface area contributed by atoms with Crippen molar-refractivity contribution in [2.75, 3.05) is 19.6 Å². The summed E-state index contributed by atoms with van der Waals surface area (Å²) in [6, 6.07) is 0.256. The van der Waals surface area contributed by atoms with Crippen molar-refractivity contribution in [2.45, 2.75) is 51.5 Å². The molecule has 1 saturated heterocycles. The number of nitrogens with zero attached hydrogens (tertiary/aromatic N) is 1. The van der Waals surface area contributed by atoms with E-state index in [0.717, 1.165) is 51.6 Å². The highest BCUT2D eigenvalue weighted by atomic mass is 16.2. The van der Waals surface area contributed by atoms with E-state index in [4.69, 9.17) is 5.73 Å². The smallest absolute Gasteiger partial charge is 0.225 e. The number of hydrogen-bond donors (Lipinski definition) is 2. The molecule has 20 heavy (non-hydrogen) atoms. The third-order valence-electron chi connectivity index (χ3n) is 4.36. The van der Waals surface area contributed by atoms with Crippen LogP contribution < -0.4 is 11.1 Å². The molecule has 0 aromatic heterocycles. The van der Waals surface area contributed by atoms with E-state index in [1.807, 2.05) is 11.8 Å². The summed E-state index contributed by atoms with van der Waals surface area (Å²) in [4.78, 5) is 25.9. The average Bonchev–Trinajstić information content (AvgIpc) is 3.29. The lowest BCUT2D eigenvalue weighted by Crippen LogP contribution is -2.48. The van der Waals surface area contributed by atoms with Gasteiger partial charge in [0, 0.05) is 31.0 Å². The molecular formula is C15H27N3O2. The van der Waals surface area contributed by atoms with Crippen LogP contribution in [0, 0.1) is 11.8 Å². The Morgan fingerprint density at radius 2 is 1.90 bits per heavy atom. The normalized spacial score (nSPS) is 21.6. The summed E-state index contributed by atoms with van der Waals surface area (Å²) < 4.78 is 0. The first-order valence-corrected chi connectivity index (χ1v) is 7.91. The zero-order chi connectivity index (χ0) is 14.5. The number of carbonyl (C=O) groups is 2. The molecule has 1 unspecified atom stereocenters. The van der Waals surface area contributed by atoms with Gasteiger partial charge in [-0.15, -0.1) is 0 Å². The zero-order valence-corrected chi connectivity index (χ0v) is 12.4. The van der Waals surface area contributed by atoms with Gasteiger partial charge in [-0.05, 0) is 45.1 Å². The molecule has 2 rings (SSSR count). The van der Waals surface area contributed by atoms with Crippen LogP contribution in [0.25, 0.3) is 0 Å². The third-order valence-corrected chi connectivity index (χ3v) is 4.36. The second kappa shape index (κ2) is 7.07. The molecule has 0 spiro atoms. The molecule has 2 fully saturated rings. The monoisotopic (exact) mass is 281 g/mol. The molecule has 1 saturated carbocycles. The first kappa shape index (κ1) is 15.3. The Labute approximate surface area is 121 Å². The number of carbonyl (C=O) groups excluding carboxylic acids is 2. The number of hydrogen-bond acceptors (Lipinski definition) is 3. The number of piperidine rings is 1. The first-order valence-electron chi connectivity index (χ1n) is 7.91. The van der Waals surface area contributed by atoms with E-state index < -0.39 is 0 Å². The van der Waals surface area contributed by atoms with Gasteiger partial charge in [-0.3, -0.25) is 9.59 Å². The van der Waals surface area contributed by atoms with Crippen molar-refractivity contribution >= 4 is 11.8 Å². The van der Waals surface area contributed by atoms with E-state index in [0.29, 0.717) is 6.54 Å². The van der Waals surface area contributed by atoms with Crippen LogP contribution in [-0.4, -0.2) is 42.4 Å². The van der Waals surface area contributed by atoms with Gasteiger partial charge in [0.15, 0.2) is 0 Å². The quantitative estimate of drug-likeness (QED) is 0.759. The van der Waals surface area contributed by atoms with Gasteiger partial charge in [-0.1, -0.05) is 6.92 Å². The van der Waals surface area contributed by atoms with Crippen LogP contribution in [0.5, 0.6) is 0 Å². The topological polar surface area (TPSA) is 75.4 Å². The van der Waals surface area contributed by atoms with E-state index in [1.54, 1.807) is 0 Å². The number of amides is 2. The largest absolute Gasteiger partial charge is 0.353 e.